The van der Waals surface area contributed by atoms with Gasteiger partial charge >= 0.3 is 0 Å². The van der Waals surface area contributed by atoms with Crippen LogP contribution >= 0.6 is 22.9 Å². The Morgan fingerprint density at radius 2 is 2.06 bits per heavy atom. The van der Waals surface area contributed by atoms with Crippen LogP contribution in [-0.4, -0.2) is 41.0 Å². The molecule has 2 aromatic heterocycles. The zero-order chi connectivity index (χ0) is 22.0. The fourth-order valence-electron chi connectivity index (χ4n) is 4.18. The Morgan fingerprint density at radius 1 is 1.29 bits per heavy atom. The van der Waals surface area contributed by atoms with Crippen molar-refractivity contribution in [3.8, 4) is 0 Å². The third-order valence-electron chi connectivity index (χ3n) is 5.90. The summed E-state index contributed by atoms with van der Waals surface area (Å²) in [5.41, 5.74) is 2.12. The molecular formula is C23H27ClN4O2S. The van der Waals surface area contributed by atoms with E-state index in [0.29, 0.717) is 18.1 Å². The summed E-state index contributed by atoms with van der Waals surface area (Å²) in [4.78, 5) is 34.2. The Labute approximate surface area is 190 Å². The molecule has 0 radical (unpaired) electrons. The minimum absolute atomic E-state index is 0.0283. The van der Waals surface area contributed by atoms with Gasteiger partial charge in [0, 0.05) is 29.4 Å². The maximum absolute atomic E-state index is 13.0. The van der Waals surface area contributed by atoms with Gasteiger partial charge in [-0.2, -0.15) is 0 Å². The molecule has 3 aromatic rings. The summed E-state index contributed by atoms with van der Waals surface area (Å²) in [5.74, 6) is -0.0988. The highest BCUT2D eigenvalue weighted by atomic mass is 35.5. The SMILES string of the molecule is CN(C)C(CNC(=O)CCn1cnc2sc3c(c2c1=O)CCCC3)c1ccccc1Cl. The molecule has 1 amide bonds. The molecule has 4 rings (SSSR count). The number of amides is 1. The van der Waals surface area contributed by atoms with Crippen LogP contribution in [0.5, 0.6) is 0 Å². The maximum Gasteiger partial charge on any atom is 0.262 e. The topological polar surface area (TPSA) is 67.2 Å². The predicted octanol–water partition coefficient (Wildman–Crippen LogP) is 3.80. The van der Waals surface area contributed by atoms with Crippen molar-refractivity contribution in [3.05, 3.63) is 62.0 Å². The molecule has 0 saturated heterocycles. The molecule has 0 bridgehead atoms. The summed E-state index contributed by atoms with van der Waals surface area (Å²) >= 11 is 7.98. The van der Waals surface area contributed by atoms with Crippen LogP contribution in [0.3, 0.4) is 0 Å². The summed E-state index contributed by atoms with van der Waals surface area (Å²) in [6.07, 6.45) is 6.08. The lowest BCUT2D eigenvalue weighted by atomic mass is 9.97. The third kappa shape index (κ3) is 4.68. The second kappa shape index (κ2) is 9.51. The number of benzene rings is 1. The minimum Gasteiger partial charge on any atom is -0.354 e. The van der Waals surface area contributed by atoms with Gasteiger partial charge in [0.1, 0.15) is 4.83 Å². The van der Waals surface area contributed by atoms with Crippen LogP contribution in [0.1, 0.15) is 41.3 Å². The van der Waals surface area contributed by atoms with Crippen molar-refractivity contribution >= 4 is 39.1 Å². The molecule has 8 heteroatoms. The van der Waals surface area contributed by atoms with Gasteiger partial charge in [0.25, 0.3) is 5.56 Å². The standard InChI is InChI=1S/C23H27ClN4O2S/c1-27(2)18(15-7-3-5-9-17(15)24)13-25-20(29)11-12-28-14-26-22-21(23(28)30)16-8-4-6-10-19(16)31-22/h3,5,7,9,14,18H,4,6,8,10-13H2,1-2H3,(H,25,29). The van der Waals surface area contributed by atoms with Crippen molar-refractivity contribution in [2.45, 2.75) is 44.7 Å². The molecule has 0 spiro atoms. The van der Waals surface area contributed by atoms with E-state index in [-0.39, 0.29) is 23.9 Å². The lowest BCUT2D eigenvalue weighted by Gasteiger charge is -2.26. The zero-order valence-electron chi connectivity index (χ0n) is 17.9. The third-order valence-corrected chi connectivity index (χ3v) is 7.45. The molecule has 164 valence electrons. The zero-order valence-corrected chi connectivity index (χ0v) is 19.4. The molecule has 2 heterocycles. The van der Waals surface area contributed by atoms with Gasteiger partial charge in [-0.3, -0.25) is 14.2 Å². The van der Waals surface area contributed by atoms with Gasteiger partial charge in [-0.05, 0) is 57.0 Å². The molecule has 1 aliphatic carbocycles. The molecule has 1 unspecified atom stereocenters. The summed E-state index contributed by atoms with van der Waals surface area (Å²) < 4.78 is 1.57. The normalized spacial score (nSPS) is 14.6. The summed E-state index contributed by atoms with van der Waals surface area (Å²) in [7, 11) is 3.92. The molecule has 31 heavy (non-hydrogen) atoms. The van der Waals surface area contributed by atoms with Crippen LogP contribution in [0, 0.1) is 0 Å². The first kappa shape index (κ1) is 22.0. The largest absolute Gasteiger partial charge is 0.354 e. The van der Waals surface area contributed by atoms with Crippen LogP contribution in [0.15, 0.2) is 35.4 Å². The van der Waals surface area contributed by atoms with E-state index >= 15 is 0 Å². The van der Waals surface area contributed by atoms with Gasteiger partial charge in [0.15, 0.2) is 0 Å². The smallest absolute Gasteiger partial charge is 0.262 e. The Bertz CT molecular complexity index is 1150. The Morgan fingerprint density at radius 3 is 2.84 bits per heavy atom. The van der Waals surface area contributed by atoms with Crippen molar-refractivity contribution in [3.63, 3.8) is 0 Å². The Hall–Kier alpha value is -2.22. The van der Waals surface area contributed by atoms with Crippen LogP contribution in [0.2, 0.25) is 5.02 Å². The molecule has 0 fully saturated rings. The summed E-state index contributed by atoms with van der Waals surface area (Å²) in [5, 5.41) is 4.43. The van der Waals surface area contributed by atoms with Crippen LogP contribution in [0.4, 0.5) is 0 Å². The van der Waals surface area contributed by atoms with Crippen LogP contribution < -0.4 is 10.9 Å². The van der Waals surface area contributed by atoms with E-state index in [9.17, 15) is 9.59 Å². The number of hydrogen-bond acceptors (Lipinski definition) is 5. The monoisotopic (exact) mass is 458 g/mol. The van der Waals surface area contributed by atoms with Gasteiger partial charge in [-0.25, -0.2) is 4.98 Å². The fraction of sp³-hybridized carbons (Fsp3) is 0.435. The molecule has 1 atom stereocenters. The predicted molar refractivity (Wildman–Crippen MR) is 126 cm³/mol. The number of hydrogen-bond donors (Lipinski definition) is 1. The molecule has 0 saturated carbocycles. The number of aryl methyl sites for hydroxylation is 3. The van der Waals surface area contributed by atoms with E-state index in [2.05, 4.69) is 10.3 Å². The summed E-state index contributed by atoms with van der Waals surface area (Å²) in [6.45, 7) is 0.761. The van der Waals surface area contributed by atoms with E-state index in [1.54, 1.807) is 22.2 Å². The van der Waals surface area contributed by atoms with Crippen molar-refractivity contribution in [2.24, 2.45) is 0 Å². The molecule has 1 aliphatic rings. The van der Waals surface area contributed by atoms with Crippen molar-refractivity contribution in [2.75, 3.05) is 20.6 Å². The number of aromatic nitrogens is 2. The average Bonchev–Trinajstić information content (AvgIpc) is 3.14. The van der Waals surface area contributed by atoms with Gasteiger partial charge in [0.05, 0.1) is 17.8 Å². The second-order valence-electron chi connectivity index (χ2n) is 8.19. The number of nitrogens with zero attached hydrogens (tertiary/aromatic N) is 3. The quantitative estimate of drug-likeness (QED) is 0.584. The van der Waals surface area contributed by atoms with Gasteiger partial charge in [-0.1, -0.05) is 29.8 Å². The number of carbonyl (C=O) groups is 1. The average molecular weight is 459 g/mol. The first-order valence-corrected chi connectivity index (χ1v) is 11.8. The second-order valence-corrected chi connectivity index (χ2v) is 9.68. The van der Waals surface area contributed by atoms with Gasteiger partial charge in [0.2, 0.25) is 5.91 Å². The fourth-order valence-corrected chi connectivity index (χ4v) is 5.66. The number of thiophene rings is 1. The van der Waals surface area contributed by atoms with E-state index in [0.717, 1.165) is 35.0 Å². The van der Waals surface area contributed by atoms with E-state index < -0.39 is 0 Å². The number of carbonyl (C=O) groups excluding carboxylic acids is 1. The number of halogens is 1. The number of rotatable bonds is 7. The van der Waals surface area contributed by atoms with Crippen molar-refractivity contribution in [1.29, 1.82) is 0 Å². The van der Waals surface area contributed by atoms with Gasteiger partial charge < -0.3 is 10.2 Å². The Kier molecular flexibility index (Phi) is 6.74. The summed E-state index contributed by atoms with van der Waals surface area (Å²) in [6, 6.07) is 7.63. The first-order valence-electron chi connectivity index (χ1n) is 10.6. The molecule has 0 aliphatic heterocycles. The highest BCUT2D eigenvalue weighted by Crippen LogP contribution is 2.33. The lowest BCUT2D eigenvalue weighted by molar-refractivity contribution is -0.121. The number of nitrogens with one attached hydrogen (secondary N) is 1. The van der Waals surface area contributed by atoms with E-state index in [1.165, 1.54) is 16.9 Å². The molecule has 1 N–H and O–H groups in total. The number of fused-ring (bicyclic) bond motifs is 3. The van der Waals surface area contributed by atoms with Crippen LogP contribution in [0.25, 0.3) is 10.2 Å². The maximum atomic E-state index is 13.0. The van der Waals surface area contributed by atoms with Gasteiger partial charge in [-0.15, -0.1) is 11.3 Å². The molecule has 1 aromatic carbocycles. The van der Waals surface area contributed by atoms with Crippen molar-refractivity contribution in [1.82, 2.24) is 19.8 Å². The van der Waals surface area contributed by atoms with Crippen LogP contribution in [-0.2, 0) is 24.2 Å². The minimum atomic E-state index is -0.0988. The number of likely N-dealkylation sites (N-methyl/N-ethyl adjacent to an activating group) is 1. The van der Waals surface area contributed by atoms with E-state index in [1.807, 2.05) is 43.3 Å². The van der Waals surface area contributed by atoms with E-state index in [4.69, 9.17) is 11.6 Å². The highest BCUT2D eigenvalue weighted by Gasteiger charge is 2.21. The highest BCUT2D eigenvalue weighted by molar-refractivity contribution is 7.18. The molecular weight excluding hydrogens is 432 g/mol. The first-order chi connectivity index (χ1) is 15.0. The van der Waals surface area contributed by atoms with Crippen molar-refractivity contribution < 1.29 is 4.79 Å². The lowest BCUT2D eigenvalue weighted by Crippen LogP contribution is -2.35. The Balaban J connectivity index is 1.42. The molecule has 6 nitrogen and oxygen atoms in total.